The number of carbonyl (C=O) groups excluding carboxylic acids is 1. The monoisotopic (exact) mass is 317 g/mol. The van der Waals surface area contributed by atoms with E-state index in [0.29, 0.717) is 12.0 Å². The van der Waals surface area contributed by atoms with Crippen LogP contribution in [-0.4, -0.2) is 23.5 Å². The van der Waals surface area contributed by atoms with Gasteiger partial charge in [0, 0.05) is 17.7 Å². The molecule has 0 saturated heterocycles. The highest BCUT2D eigenvalue weighted by Gasteiger charge is 2.68. The zero-order chi connectivity index (χ0) is 16.4. The lowest BCUT2D eigenvalue weighted by atomic mass is 9.75. The molecule has 0 radical (unpaired) electrons. The van der Waals surface area contributed by atoms with Crippen molar-refractivity contribution < 1.29 is 18.0 Å². The van der Waals surface area contributed by atoms with Gasteiger partial charge in [-0.25, -0.2) is 0 Å². The molecule has 2 aliphatic heterocycles. The van der Waals surface area contributed by atoms with Crippen molar-refractivity contribution in [1.29, 1.82) is 0 Å². The first-order valence-electron chi connectivity index (χ1n) is 7.46. The zero-order valence-electron chi connectivity index (χ0n) is 12.4. The molecule has 0 spiro atoms. The molecule has 4 rings (SSSR count). The standard InChI is InChI=1S/C18H14F3NO/c1-11-5-4-8-14-12(11)9-10-22-16(23)13-6-2-3-7-15(13)17(14,22)18(19,20)21/h2-8H,9-10H2,1H3. The molecular formula is C18H14F3NO. The van der Waals surface area contributed by atoms with Crippen LogP contribution >= 0.6 is 0 Å². The topological polar surface area (TPSA) is 20.3 Å². The molecule has 2 heterocycles. The maximum absolute atomic E-state index is 14.4. The minimum absolute atomic E-state index is 0.0454. The number of fused-ring (bicyclic) bond motifs is 5. The van der Waals surface area contributed by atoms with Crippen LogP contribution in [0.2, 0.25) is 0 Å². The molecule has 2 aromatic carbocycles. The van der Waals surface area contributed by atoms with Gasteiger partial charge >= 0.3 is 6.18 Å². The number of rotatable bonds is 0. The summed E-state index contributed by atoms with van der Waals surface area (Å²) < 4.78 is 43.1. The summed E-state index contributed by atoms with van der Waals surface area (Å²) in [6.07, 6.45) is -4.14. The molecule has 5 heteroatoms. The quantitative estimate of drug-likeness (QED) is 0.723. The van der Waals surface area contributed by atoms with Crippen LogP contribution in [0.15, 0.2) is 42.5 Å². The molecule has 2 aromatic rings. The van der Waals surface area contributed by atoms with Crippen molar-refractivity contribution in [1.82, 2.24) is 4.90 Å². The van der Waals surface area contributed by atoms with Gasteiger partial charge in [0.25, 0.3) is 5.91 Å². The van der Waals surface area contributed by atoms with Gasteiger partial charge in [-0.05, 0) is 36.1 Å². The molecule has 118 valence electrons. The Bertz CT molecular complexity index is 827. The lowest BCUT2D eigenvalue weighted by molar-refractivity contribution is -0.212. The average molecular weight is 317 g/mol. The Labute approximate surface area is 131 Å². The van der Waals surface area contributed by atoms with Crippen molar-refractivity contribution in [2.24, 2.45) is 0 Å². The fraction of sp³-hybridized carbons (Fsp3) is 0.278. The van der Waals surface area contributed by atoms with Crippen LogP contribution in [0.5, 0.6) is 0 Å². The van der Waals surface area contributed by atoms with Crippen molar-refractivity contribution in [2.45, 2.75) is 25.1 Å². The molecule has 0 N–H and O–H groups in total. The smallest absolute Gasteiger partial charge is 0.316 e. The summed E-state index contributed by atoms with van der Waals surface area (Å²) in [5.41, 5.74) is -0.439. The molecule has 0 fully saturated rings. The fourth-order valence-corrected chi connectivity index (χ4v) is 4.04. The Morgan fingerprint density at radius 1 is 1.04 bits per heavy atom. The van der Waals surface area contributed by atoms with E-state index >= 15 is 0 Å². The molecule has 2 nitrogen and oxygen atoms in total. The number of nitrogens with zero attached hydrogens (tertiary/aromatic N) is 1. The van der Waals surface area contributed by atoms with Gasteiger partial charge in [0.1, 0.15) is 0 Å². The maximum Gasteiger partial charge on any atom is 0.420 e. The van der Waals surface area contributed by atoms with E-state index in [0.717, 1.165) is 10.5 Å². The lowest BCUT2D eigenvalue weighted by Gasteiger charge is -2.45. The summed E-state index contributed by atoms with van der Waals surface area (Å²) >= 11 is 0. The third-order valence-electron chi connectivity index (χ3n) is 4.99. The van der Waals surface area contributed by atoms with Gasteiger partial charge < -0.3 is 4.90 Å². The third kappa shape index (κ3) is 1.57. The highest BCUT2D eigenvalue weighted by Crippen LogP contribution is 2.56. The number of amides is 1. The van der Waals surface area contributed by atoms with E-state index in [2.05, 4.69) is 0 Å². The second-order valence-electron chi connectivity index (χ2n) is 6.06. The molecule has 1 atom stereocenters. The SMILES string of the molecule is Cc1cccc2c1CCN1C(=O)c3ccccc3C21C(F)(F)F. The van der Waals surface area contributed by atoms with Gasteiger partial charge in [0.2, 0.25) is 0 Å². The second kappa shape index (κ2) is 4.37. The van der Waals surface area contributed by atoms with E-state index in [1.165, 1.54) is 18.2 Å². The molecule has 0 aromatic heterocycles. The van der Waals surface area contributed by atoms with E-state index in [1.54, 1.807) is 18.2 Å². The zero-order valence-corrected chi connectivity index (χ0v) is 12.4. The predicted octanol–water partition coefficient (Wildman–Crippen LogP) is 3.81. The molecule has 0 bridgehead atoms. The highest BCUT2D eigenvalue weighted by molar-refractivity contribution is 6.01. The number of hydrogen-bond acceptors (Lipinski definition) is 1. The average Bonchev–Trinajstić information content (AvgIpc) is 2.79. The van der Waals surface area contributed by atoms with Gasteiger partial charge in [-0.3, -0.25) is 4.79 Å². The number of aryl methyl sites for hydroxylation is 1. The molecule has 1 unspecified atom stereocenters. The van der Waals surface area contributed by atoms with Crippen LogP contribution in [0.25, 0.3) is 0 Å². The number of alkyl halides is 3. The van der Waals surface area contributed by atoms with Crippen molar-refractivity contribution in [3.8, 4) is 0 Å². The van der Waals surface area contributed by atoms with Gasteiger partial charge in [-0.2, -0.15) is 13.2 Å². The summed E-state index contributed by atoms with van der Waals surface area (Å²) in [6, 6.07) is 11.1. The van der Waals surface area contributed by atoms with Crippen LogP contribution in [0.4, 0.5) is 13.2 Å². The Kier molecular flexibility index (Phi) is 2.72. The molecule has 0 saturated carbocycles. The summed E-state index contributed by atoms with van der Waals surface area (Å²) in [4.78, 5) is 13.6. The third-order valence-corrected chi connectivity index (χ3v) is 4.99. The first-order valence-corrected chi connectivity index (χ1v) is 7.46. The fourth-order valence-electron chi connectivity index (χ4n) is 4.04. The summed E-state index contributed by atoms with van der Waals surface area (Å²) in [6.45, 7) is 1.89. The van der Waals surface area contributed by atoms with Crippen molar-refractivity contribution in [3.63, 3.8) is 0 Å². The van der Waals surface area contributed by atoms with Crippen LogP contribution in [-0.2, 0) is 12.0 Å². The number of halogens is 3. The summed E-state index contributed by atoms with van der Waals surface area (Å²) in [5, 5.41) is 0. The Morgan fingerprint density at radius 2 is 1.74 bits per heavy atom. The van der Waals surface area contributed by atoms with E-state index in [9.17, 15) is 18.0 Å². The molecular weight excluding hydrogens is 303 g/mol. The van der Waals surface area contributed by atoms with Gasteiger partial charge in [0.15, 0.2) is 5.54 Å². The summed E-state index contributed by atoms with van der Waals surface area (Å²) in [7, 11) is 0. The van der Waals surface area contributed by atoms with Gasteiger partial charge in [-0.1, -0.05) is 36.4 Å². The number of carbonyl (C=O) groups is 1. The van der Waals surface area contributed by atoms with Crippen LogP contribution in [0.3, 0.4) is 0 Å². The lowest BCUT2D eigenvalue weighted by Crippen LogP contribution is -2.58. The van der Waals surface area contributed by atoms with Crippen molar-refractivity contribution in [2.75, 3.05) is 6.54 Å². The van der Waals surface area contributed by atoms with Crippen molar-refractivity contribution >= 4 is 5.91 Å². The van der Waals surface area contributed by atoms with E-state index in [-0.39, 0.29) is 23.2 Å². The Hall–Kier alpha value is -2.30. The minimum atomic E-state index is -4.59. The van der Waals surface area contributed by atoms with Crippen LogP contribution in [0, 0.1) is 6.92 Å². The van der Waals surface area contributed by atoms with Crippen LogP contribution < -0.4 is 0 Å². The minimum Gasteiger partial charge on any atom is -0.316 e. The largest absolute Gasteiger partial charge is 0.420 e. The first kappa shape index (κ1) is 14.3. The van der Waals surface area contributed by atoms with Crippen molar-refractivity contribution in [3.05, 3.63) is 70.3 Å². The molecule has 0 aliphatic carbocycles. The van der Waals surface area contributed by atoms with E-state index < -0.39 is 17.6 Å². The normalized spacial score (nSPS) is 22.6. The molecule has 23 heavy (non-hydrogen) atoms. The van der Waals surface area contributed by atoms with E-state index in [4.69, 9.17) is 0 Å². The second-order valence-corrected chi connectivity index (χ2v) is 6.06. The first-order chi connectivity index (χ1) is 10.9. The van der Waals surface area contributed by atoms with E-state index in [1.807, 2.05) is 13.0 Å². The highest BCUT2D eigenvalue weighted by atomic mass is 19.4. The van der Waals surface area contributed by atoms with Crippen LogP contribution in [0.1, 0.15) is 32.6 Å². The molecule has 2 aliphatic rings. The molecule has 1 amide bonds. The van der Waals surface area contributed by atoms with Gasteiger partial charge in [-0.15, -0.1) is 0 Å². The maximum atomic E-state index is 14.4. The van der Waals surface area contributed by atoms with Gasteiger partial charge in [0.05, 0.1) is 0 Å². The summed E-state index contributed by atoms with van der Waals surface area (Å²) in [5.74, 6) is -0.537. The number of benzene rings is 2. The Morgan fingerprint density at radius 3 is 2.48 bits per heavy atom. The predicted molar refractivity (Wildman–Crippen MR) is 79.2 cm³/mol. The number of hydrogen-bond donors (Lipinski definition) is 0. The Balaban J connectivity index is 2.15.